The Bertz CT molecular complexity index is 549. The van der Waals surface area contributed by atoms with Crippen LogP contribution in [-0.2, 0) is 13.5 Å². The molecule has 4 nitrogen and oxygen atoms in total. The first-order valence-electron chi connectivity index (χ1n) is 5.08. The number of benzene rings is 1. The summed E-state index contributed by atoms with van der Waals surface area (Å²) in [6, 6.07) is 9.61. The first-order valence-corrected chi connectivity index (χ1v) is 5.46. The Labute approximate surface area is 103 Å². The molecule has 1 N–H and O–H groups in total. The van der Waals surface area contributed by atoms with Crippen LogP contribution in [0.15, 0.2) is 30.3 Å². The van der Waals surface area contributed by atoms with Gasteiger partial charge in [0.2, 0.25) is 0 Å². The van der Waals surface area contributed by atoms with Crippen LogP contribution in [0.5, 0.6) is 0 Å². The van der Waals surface area contributed by atoms with Crippen molar-refractivity contribution in [3.8, 4) is 0 Å². The largest absolute Gasteiger partial charge is 0.478 e. The second kappa shape index (κ2) is 4.59. The maximum atomic E-state index is 11.1. The molecule has 88 valence electrons. The third-order valence-electron chi connectivity index (χ3n) is 2.55. The number of halogens is 1. The molecule has 0 unspecified atom stereocenters. The topological polar surface area (TPSA) is 55.1 Å². The van der Waals surface area contributed by atoms with Crippen molar-refractivity contribution in [2.75, 3.05) is 0 Å². The van der Waals surface area contributed by atoms with E-state index < -0.39 is 5.97 Å². The second-order valence-electron chi connectivity index (χ2n) is 3.70. The standard InChI is InChI=1S/C12H11ClN2O2/c1-15-9(7-8-5-3-2-4-6-8)10(12(16)17)11(13)14-15/h2-6H,7H2,1H3,(H,16,17). The van der Waals surface area contributed by atoms with Gasteiger partial charge in [0, 0.05) is 13.5 Å². The third kappa shape index (κ3) is 2.31. The van der Waals surface area contributed by atoms with Crippen molar-refractivity contribution in [1.82, 2.24) is 9.78 Å². The van der Waals surface area contributed by atoms with E-state index >= 15 is 0 Å². The molecular formula is C12H11ClN2O2. The first-order chi connectivity index (χ1) is 8.09. The lowest BCUT2D eigenvalue weighted by atomic mass is 10.1. The number of aromatic carboxylic acids is 1. The SMILES string of the molecule is Cn1nc(Cl)c(C(=O)O)c1Cc1ccccc1. The van der Waals surface area contributed by atoms with E-state index in [-0.39, 0.29) is 10.7 Å². The lowest BCUT2D eigenvalue weighted by molar-refractivity contribution is 0.0696. The van der Waals surface area contributed by atoms with Gasteiger partial charge in [-0.3, -0.25) is 4.68 Å². The molecular weight excluding hydrogens is 240 g/mol. The highest BCUT2D eigenvalue weighted by Crippen LogP contribution is 2.21. The zero-order chi connectivity index (χ0) is 12.4. The Balaban J connectivity index is 2.42. The number of nitrogens with zero attached hydrogens (tertiary/aromatic N) is 2. The van der Waals surface area contributed by atoms with E-state index in [9.17, 15) is 4.79 Å². The van der Waals surface area contributed by atoms with E-state index in [0.717, 1.165) is 5.56 Å². The van der Waals surface area contributed by atoms with Crippen LogP contribution in [0, 0.1) is 0 Å². The van der Waals surface area contributed by atoms with Gasteiger partial charge in [0.15, 0.2) is 5.15 Å². The predicted molar refractivity (Wildman–Crippen MR) is 64.4 cm³/mol. The molecule has 2 aromatic rings. The van der Waals surface area contributed by atoms with Crippen molar-refractivity contribution < 1.29 is 9.90 Å². The van der Waals surface area contributed by atoms with E-state index in [4.69, 9.17) is 16.7 Å². The molecule has 0 saturated carbocycles. The molecule has 0 spiro atoms. The minimum Gasteiger partial charge on any atom is -0.478 e. The number of hydrogen-bond acceptors (Lipinski definition) is 2. The molecule has 0 bridgehead atoms. The van der Waals surface area contributed by atoms with E-state index in [0.29, 0.717) is 12.1 Å². The van der Waals surface area contributed by atoms with Crippen LogP contribution < -0.4 is 0 Å². The summed E-state index contributed by atoms with van der Waals surface area (Å²) in [6.45, 7) is 0. The molecule has 0 amide bonds. The summed E-state index contributed by atoms with van der Waals surface area (Å²) in [6.07, 6.45) is 0.499. The summed E-state index contributed by atoms with van der Waals surface area (Å²) in [5, 5.41) is 13.1. The van der Waals surface area contributed by atoms with Crippen LogP contribution in [0.3, 0.4) is 0 Å². The monoisotopic (exact) mass is 250 g/mol. The smallest absolute Gasteiger partial charge is 0.340 e. The van der Waals surface area contributed by atoms with Crippen LogP contribution in [-0.4, -0.2) is 20.9 Å². The van der Waals surface area contributed by atoms with Crippen molar-refractivity contribution in [2.24, 2.45) is 7.05 Å². The Morgan fingerprint density at radius 3 is 2.65 bits per heavy atom. The van der Waals surface area contributed by atoms with Gasteiger partial charge >= 0.3 is 5.97 Å². The molecule has 0 aliphatic heterocycles. The highest BCUT2D eigenvalue weighted by Gasteiger charge is 2.20. The predicted octanol–water partition coefficient (Wildman–Crippen LogP) is 2.36. The highest BCUT2D eigenvalue weighted by molar-refractivity contribution is 6.32. The molecule has 0 saturated heterocycles. The number of aryl methyl sites for hydroxylation is 1. The molecule has 17 heavy (non-hydrogen) atoms. The molecule has 0 fully saturated rings. The molecule has 2 rings (SSSR count). The number of rotatable bonds is 3. The fraction of sp³-hybridized carbons (Fsp3) is 0.167. The summed E-state index contributed by atoms with van der Waals surface area (Å²) in [4.78, 5) is 11.1. The van der Waals surface area contributed by atoms with Gasteiger partial charge in [0.1, 0.15) is 5.56 Å². The molecule has 0 radical (unpaired) electrons. The number of carbonyl (C=O) groups is 1. The van der Waals surface area contributed by atoms with Crippen molar-refractivity contribution in [3.05, 3.63) is 52.3 Å². The summed E-state index contributed by atoms with van der Waals surface area (Å²) in [7, 11) is 1.69. The summed E-state index contributed by atoms with van der Waals surface area (Å²) < 4.78 is 1.51. The lowest BCUT2D eigenvalue weighted by Crippen LogP contribution is -2.05. The van der Waals surface area contributed by atoms with Crippen molar-refractivity contribution in [3.63, 3.8) is 0 Å². The average molecular weight is 251 g/mol. The normalized spacial score (nSPS) is 10.5. The number of hydrogen-bond donors (Lipinski definition) is 1. The van der Waals surface area contributed by atoms with Crippen LogP contribution in [0.25, 0.3) is 0 Å². The fourth-order valence-corrected chi connectivity index (χ4v) is 2.03. The Kier molecular flexibility index (Phi) is 3.15. The molecule has 1 heterocycles. The Morgan fingerprint density at radius 2 is 2.06 bits per heavy atom. The fourth-order valence-electron chi connectivity index (χ4n) is 1.73. The van der Waals surface area contributed by atoms with Crippen LogP contribution in [0.1, 0.15) is 21.6 Å². The van der Waals surface area contributed by atoms with Crippen LogP contribution in [0.4, 0.5) is 0 Å². The van der Waals surface area contributed by atoms with Gasteiger partial charge in [-0.2, -0.15) is 5.10 Å². The first kappa shape index (κ1) is 11.7. The van der Waals surface area contributed by atoms with Gasteiger partial charge in [0.05, 0.1) is 5.69 Å². The quantitative estimate of drug-likeness (QED) is 0.910. The number of aromatic nitrogens is 2. The molecule has 0 aliphatic rings. The summed E-state index contributed by atoms with van der Waals surface area (Å²) >= 11 is 5.80. The van der Waals surface area contributed by atoms with Crippen LogP contribution in [0.2, 0.25) is 5.15 Å². The van der Waals surface area contributed by atoms with Gasteiger partial charge < -0.3 is 5.11 Å². The van der Waals surface area contributed by atoms with Crippen LogP contribution >= 0.6 is 11.6 Å². The van der Waals surface area contributed by atoms with Crippen molar-refractivity contribution in [1.29, 1.82) is 0 Å². The maximum Gasteiger partial charge on any atom is 0.340 e. The molecule has 0 atom stereocenters. The van der Waals surface area contributed by atoms with E-state index in [1.165, 1.54) is 4.68 Å². The molecule has 1 aromatic carbocycles. The van der Waals surface area contributed by atoms with Gasteiger partial charge in [-0.1, -0.05) is 41.9 Å². The maximum absolute atomic E-state index is 11.1. The number of carboxylic acid groups (broad SMARTS) is 1. The van der Waals surface area contributed by atoms with E-state index in [1.54, 1.807) is 7.05 Å². The Hall–Kier alpha value is -1.81. The van der Waals surface area contributed by atoms with Gasteiger partial charge in [-0.25, -0.2) is 4.79 Å². The molecule has 1 aromatic heterocycles. The van der Waals surface area contributed by atoms with Crippen molar-refractivity contribution in [2.45, 2.75) is 6.42 Å². The molecule has 0 aliphatic carbocycles. The summed E-state index contributed by atoms with van der Waals surface area (Å²) in [5.74, 6) is -1.05. The molecule has 5 heteroatoms. The van der Waals surface area contributed by atoms with Gasteiger partial charge in [-0.15, -0.1) is 0 Å². The zero-order valence-electron chi connectivity index (χ0n) is 9.22. The zero-order valence-corrected chi connectivity index (χ0v) is 9.98. The lowest BCUT2D eigenvalue weighted by Gasteiger charge is -2.03. The van der Waals surface area contributed by atoms with E-state index in [1.807, 2.05) is 30.3 Å². The van der Waals surface area contributed by atoms with Gasteiger partial charge in [-0.05, 0) is 5.56 Å². The Morgan fingerprint density at radius 1 is 1.41 bits per heavy atom. The minimum absolute atomic E-state index is 0.0333. The second-order valence-corrected chi connectivity index (χ2v) is 4.06. The highest BCUT2D eigenvalue weighted by atomic mass is 35.5. The average Bonchev–Trinajstić information content (AvgIpc) is 2.55. The van der Waals surface area contributed by atoms with Gasteiger partial charge in [0.25, 0.3) is 0 Å². The van der Waals surface area contributed by atoms with Crippen molar-refractivity contribution >= 4 is 17.6 Å². The summed E-state index contributed by atoms with van der Waals surface area (Å²) in [5.41, 5.74) is 1.71. The third-order valence-corrected chi connectivity index (χ3v) is 2.82. The number of carboxylic acids is 1. The van der Waals surface area contributed by atoms with E-state index in [2.05, 4.69) is 5.10 Å². The minimum atomic E-state index is -1.05.